The second kappa shape index (κ2) is 7.10. The number of hydrogen-bond acceptors (Lipinski definition) is 5. The van der Waals surface area contributed by atoms with Crippen molar-refractivity contribution in [1.29, 1.82) is 0 Å². The van der Waals surface area contributed by atoms with Crippen LogP contribution in [0.1, 0.15) is 27.4 Å². The summed E-state index contributed by atoms with van der Waals surface area (Å²) in [6, 6.07) is 6.37. The Balaban J connectivity index is 1.96. The molecule has 1 aromatic carbocycles. The Morgan fingerprint density at radius 1 is 1.26 bits per heavy atom. The van der Waals surface area contributed by atoms with Crippen molar-refractivity contribution >= 4 is 34.4 Å². The quantitative estimate of drug-likeness (QED) is 0.495. The summed E-state index contributed by atoms with van der Waals surface area (Å²) >= 11 is 1.34. The number of aryl methyl sites for hydroxylation is 1. The summed E-state index contributed by atoms with van der Waals surface area (Å²) in [6.45, 7) is 1.87. The third kappa shape index (κ3) is 4.43. The zero-order chi connectivity index (χ0) is 17.0. The number of Topliss-reactive ketones (excluding diaryl/α,β-unsaturated/α-hetero) is 1. The lowest BCUT2D eigenvalue weighted by atomic mass is 10.2. The number of hydrogen-bond donors (Lipinski definition) is 1. The minimum absolute atomic E-state index is 0.0116. The molecular weight excluding hydrogens is 323 g/mol. The van der Waals surface area contributed by atoms with Crippen LogP contribution in [0.15, 0.2) is 30.3 Å². The summed E-state index contributed by atoms with van der Waals surface area (Å²) in [5.74, 6) is -1.52. The molecule has 0 aliphatic heterocycles. The van der Waals surface area contributed by atoms with E-state index in [-0.39, 0.29) is 30.0 Å². The van der Waals surface area contributed by atoms with Crippen molar-refractivity contribution in [2.75, 3.05) is 5.32 Å². The number of carbonyl (C=O) groups excluding carboxylic acids is 2. The summed E-state index contributed by atoms with van der Waals surface area (Å²) in [6.07, 6.45) is -0.139. The number of nitrogens with zero attached hydrogens (tertiary/aromatic N) is 1. The number of nitrogens with one attached hydrogen (secondary N) is 1. The van der Waals surface area contributed by atoms with Crippen LogP contribution in [0.4, 0.5) is 15.8 Å². The van der Waals surface area contributed by atoms with E-state index in [1.165, 1.54) is 11.3 Å². The van der Waals surface area contributed by atoms with Gasteiger partial charge in [-0.3, -0.25) is 19.7 Å². The molecule has 0 atom stereocenters. The van der Waals surface area contributed by atoms with Crippen LogP contribution in [0.25, 0.3) is 0 Å². The number of nitro groups is 1. The SMILES string of the molecule is Cc1ccc(C(=O)CCC(=O)Nc2cc([N+](=O)[O-])ccc2F)s1. The first kappa shape index (κ1) is 16.8. The van der Waals surface area contributed by atoms with Crippen LogP contribution >= 0.6 is 11.3 Å². The van der Waals surface area contributed by atoms with E-state index < -0.39 is 16.6 Å². The molecule has 1 heterocycles. The smallest absolute Gasteiger partial charge is 0.271 e. The van der Waals surface area contributed by atoms with Crippen LogP contribution in [0.2, 0.25) is 0 Å². The van der Waals surface area contributed by atoms with Gasteiger partial charge in [0.05, 0.1) is 15.5 Å². The number of rotatable bonds is 6. The van der Waals surface area contributed by atoms with Gasteiger partial charge in [0.15, 0.2) is 5.78 Å². The van der Waals surface area contributed by atoms with E-state index in [1.54, 1.807) is 6.07 Å². The molecule has 0 bridgehead atoms. The molecule has 0 spiro atoms. The van der Waals surface area contributed by atoms with Crippen molar-refractivity contribution in [1.82, 2.24) is 0 Å². The van der Waals surface area contributed by atoms with Gasteiger partial charge < -0.3 is 5.32 Å². The molecule has 0 unspecified atom stereocenters. The molecule has 8 heteroatoms. The van der Waals surface area contributed by atoms with Gasteiger partial charge in [0.1, 0.15) is 5.82 Å². The second-order valence-corrected chi connectivity index (χ2v) is 6.09. The molecule has 1 N–H and O–H groups in total. The van der Waals surface area contributed by atoms with E-state index in [9.17, 15) is 24.1 Å². The number of ketones is 1. The first-order valence-corrected chi connectivity index (χ1v) is 7.52. The summed E-state index contributed by atoms with van der Waals surface area (Å²) in [5, 5.41) is 12.9. The molecule has 1 aromatic heterocycles. The Hall–Kier alpha value is -2.61. The maximum Gasteiger partial charge on any atom is 0.271 e. The minimum Gasteiger partial charge on any atom is -0.323 e. The lowest BCUT2D eigenvalue weighted by Gasteiger charge is -2.06. The van der Waals surface area contributed by atoms with Crippen LogP contribution in [-0.2, 0) is 4.79 Å². The molecule has 0 aliphatic carbocycles. The number of thiophene rings is 1. The number of carbonyl (C=O) groups is 2. The van der Waals surface area contributed by atoms with E-state index >= 15 is 0 Å². The molecular formula is C15H13FN2O4S. The predicted octanol–water partition coefficient (Wildman–Crippen LogP) is 3.71. The van der Waals surface area contributed by atoms with Gasteiger partial charge in [0.25, 0.3) is 5.69 Å². The number of nitro benzene ring substituents is 1. The van der Waals surface area contributed by atoms with Crippen molar-refractivity contribution < 1.29 is 18.9 Å². The Bertz CT molecular complexity index is 773. The van der Waals surface area contributed by atoms with Crippen LogP contribution in [-0.4, -0.2) is 16.6 Å². The molecule has 2 aromatic rings. The summed E-state index contributed by atoms with van der Waals surface area (Å²) in [4.78, 5) is 35.2. The fourth-order valence-corrected chi connectivity index (χ4v) is 2.70. The molecule has 0 fully saturated rings. The van der Waals surface area contributed by atoms with Crippen LogP contribution < -0.4 is 5.32 Å². The normalized spacial score (nSPS) is 10.3. The number of amides is 1. The Labute approximate surface area is 135 Å². The zero-order valence-electron chi connectivity index (χ0n) is 12.2. The Morgan fingerprint density at radius 2 is 2.00 bits per heavy atom. The molecule has 0 saturated heterocycles. The minimum atomic E-state index is -0.774. The average molecular weight is 336 g/mol. The fourth-order valence-electron chi connectivity index (χ4n) is 1.87. The molecule has 23 heavy (non-hydrogen) atoms. The summed E-state index contributed by atoms with van der Waals surface area (Å²) < 4.78 is 13.6. The zero-order valence-corrected chi connectivity index (χ0v) is 13.0. The third-order valence-corrected chi connectivity index (χ3v) is 4.07. The topological polar surface area (TPSA) is 89.3 Å². The van der Waals surface area contributed by atoms with Crippen LogP contribution in [0.5, 0.6) is 0 Å². The number of non-ortho nitro benzene ring substituents is 1. The maximum absolute atomic E-state index is 13.6. The van der Waals surface area contributed by atoms with E-state index in [2.05, 4.69) is 5.32 Å². The molecule has 2 rings (SSSR count). The van der Waals surface area contributed by atoms with Crippen molar-refractivity contribution in [3.8, 4) is 0 Å². The molecule has 0 aliphatic rings. The Morgan fingerprint density at radius 3 is 2.61 bits per heavy atom. The molecule has 0 saturated carbocycles. The van der Waals surface area contributed by atoms with E-state index in [4.69, 9.17) is 0 Å². The highest BCUT2D eigenvalue weighted by molar-refractivity contribution is 7.14. The van der Waals surface area contributed by atoms with Gasteiger partial charge in [0, 0.05) is 29.9 Å². The van der Waals surface area contributed by atoms with Gasteiger partial charge >= 0.3 is 0 Å². The van der Waals surface area contributed by atoms with Gasteiger partial charge in [-0.25, -0.2) is 4.39 Å². The predicted molar refractivity (Wildman–Crippen MR) is 84.3 cm³/mol. The monoisotopic (exact) mass is 336 g/mol. The van der Waals surface area contributed by atoms with Crippen molar-refractivity contribution in [3.05, 3.63) is 56.0 Å². The highest BCUT2D eigenvalue weighted by Gasteiger charge is 2.15. The van der Waals surface area contributed by atoms with E-state index in [1.807, 2.05) is 13.0 Å². The lowest BCUT2D eigenvalue weighted by Crippen LogP contribution is -2.14. The van der Waals surface area contributed by atoms with E-state index in [0.29, 0.717) is 4.88 Å². The molecule has 6 nitrogen and oxygen atoms in total. The Kier molecular flexibility index (Phi) is 5.17. The number of benzene rings is 1. The summed E-state index contributed by atoms with van der Waals surface area (Å²) in [7, 11) is 0. The van der Waals surface area contributed by atoms with Crippen LogP contribution in [0.3, 0.4) is 0 Å². The highest BCUT2D eigenvalue weighted by Crippen LogP contribution is 2.22. The molecule has 0 radical (unpaired) electrons. The van der Waals surface area contributed by atoms with Gasteiger partial charge in [-0.05, 0) is 25.1 Å². The largest absolute Gasteiger partial charge is 0.323 e. The second-order valence-electron chi connectivity index (χ2n) is 4.80. The standard InChI is InChI=1S/C15H13FN2O4S/c1-9-2-6-14(23-9)13(19)5-7-15(20)17-12-8-10(18(21)22)3-4-11(12)16/h2-4,6,8H,5,7H2,1H3,(H,17,20). The molecule has 1 amide bonds. The highest BCUT2D eigenvalue weighted by atomic mass is 32.1. The van der Waals surface area contributed by atoms with Gasteiger partial charge in [-0.2, -0.15) is 0 Å². The number of anilines is 1. The first-order valence-electron chi connectivity index (χ1n) is 6.70. The van der Waals surface area contributed by atoms with Gasteiger partial charge in [-0.15, -0.1) is 11.3 Å². The third-order valence-electron chi connectivity index (χ3n) is 3.03. The average Bonchev–Trinajstić information content (AvgIpc) is 2.93. The molecule has 120 valence electrons. The number of halogens is 1. The first-order chi connectivity index (χ1) is 10.9. The van der Waals surface area contributed by atoms with Crippen molar-refractivity contribution in [2.45, 2.75) is 19.8 Å². The van der Waals surface area contributed by atoms with Gasteiger partial charge in [0.2, 0.25) is 5.91 Å². The summed E-state index contributed by atoms with van der Waals surface area (Å²) in [5.41, 5.74) is -0.601. The van der Waals surface area contributed by atoms with Gasteiger partial charge in [-0.1, -0.05) is 0 Å². The van der Waals surface area contributed by atoms with Crippen molar-refractivity contribution in [2.24, 2.45) is 0 Å². The lowest BCUT2D eigenvalue weighted by molar-refractivity contribution is -0.384. The fraction of sp³-hybridized carbons (Fsp3) is 0.200. The van der Waals surface area contributed by atoms with E-state index in [0.717, 1.165) is 23.1 Å². The maximum atomic E-state index is 13.6. The van der Waals surface area contributed by atoms with Crippen LogP contribution in [0, 0.1) is 22.9 Å². The van der Waals surface area contributed by atoms with Crippen molar-refractivity contribution in [3.63, 3.8) is 0 Å².